The lowest BCUT2D eigenvalue weighted by Gasteiger charge is -2.28. The first kappa shape index (κ1) is 11.9. The molecule has 0 amide bonds. The summed E-state index contributed by atoms with van der Waals surface area (Å²) in [5, 5.41) is 18.6. The highest BCUT2D eigenvalue weighted by atomic mass is 16.5. The summed E-state index contributed by atoms with van der Waals surface area (Å²) < 4.78 is 5.65. The Bertz CT molecular complexity index is 402. The van der Waals surface area contributed by atoms with Gasteiger partial charge in [-0.3, -0.25) is 0 Å². The fraction of sp³-hybridized carbons (Fsp3) is 0.462. The second kappa shape index (κ2) is 5.19. The molecule has 4 nitrogen and oxygen atoms in total. The van der Waals surface area contributed by atoms with Crippen LogP contribution < -0.4 is 4.74 Å². The lowest BCUT2D eigenvalue weighted by molar-refractivity contribution is 0.00682. The van der Waals surface area contributed by atoms with Gasteiger partial charge in [0.2, 0.25) is 0 Å². The highest BCUT2D eigenvalue weighted by Gasteiger charge is 2.24. The number of hydrogen-bond acceptors (Lipinski definition) is 3. The quantitative estimate of drug-likeness (QED) is 0.843. The Kier molecular flexibility index (Phi) is 3.64. The monoisotopic (exact) mass is 236 g/mol. The predicted octanol–water partition coefficient (Wildman–Crippen LogP) is 2.07. The zero-order valence-corrected chi connectivity index (χ0v) is 9.50. The van der Waals surface area contributed by atoms with Crippen molar-refractivity contribution >= 4 is 5.97 Å². The number of aliphatic hydroxyl groups excluding tert-OH is 1. The van der Waals surface area contributed by atoms with E-state index >= 15 is 0 Å². The maximum Gasteiger partial charge on any atom is 0.335 e. The molecule has 1 fully saturated rings. The molecule has 4 heteroatoms. The predicted molar refractivity (Wildman–Crippen MR) is 62.3 cm³/mol. The summed E-state index contributed by atoms with van der Waals surface area (Å²) in [6.45, 7) is 0. The number of carbonyl (C=O) groups is 1. The fourth-order valence-electron chi connectivity index (χ4n) is 2.09. The van der Waals surface area contributed by atoms with E-state index in [1.54, 1.807) is 12.1 Å². The lowest BCUT2D eigenvalue weighted by Crippen LogP contribution is -2.34. The molecule has 2 atom stereocenters. The Balaban J connectivity index is 2.07. The van der Waals surface area contributed by atoms with Gasteiger partial charge in [0.1, 0.15) is 11.9 Å². The second-order valence-corrected chi connectivity index (χ2v) is 4.34. The van der Waals surface area contributed by atoms with Gasteiger partial charge in [-0.05, 0) is 37.5 Å². The van der Waals surface area contributed by atoms with Gasteiger partial charge in [0.25, 0.3) is 0 Å². The summed E-state index contributed by atoms with van der Waals surface area (Å²) in [4.78, 5) is 10.8. The van der Waals surface area contributed by atoms with E-state index in [0.717, 1.165) is 25.7 Å². The maximum absolute atomic E-state index is 10.8. The van der Waals surface area contributed by atoms with E-state index in [9.17, 15) is 9.90 Å². The van der Waals surface area contributed by atoms with Gasteiger partial charge in [-0.2, -0.15) is 0 Å². The van der Waals surface area contributed by atoms with Crippen LogP contribution in [0.2, 0.25) is 0 Å². The minimum Gasteiger partial charge on any atom is -0.488 e. The van der Waals surface area contributed by atoms with Crippen molar-refractivity contribution in [2.45, 2.75) is 37.9 Å². The molecule has 0 radical (unpaired) electrons. The highest BCUT2D eigenvalue weighted by Crippen LogP contribution is 2.24. The summed E-state index contributed by atoms with van der Waals surface area (Å²) in [6.07, 6.45) is 2.98. The molecule has 0 spiro atoms. The van der Waals surface area contributed by atoms with Gasteiger partial charge in [0.05, 0.1) is 11.7 Å². The Morgan fingerprint density at radius 3 is 2.76 bits per heavy atom. The normalized spacial score (nSPS) is 24.3. The zero-order chi connectivity index (χ0) is 12.3. The summed E-state index contributed by atoms with van der Waals surface area (Å²) >= 11 is 0. The molecule has 92 valence electrons. The molecule has 2 N–H and O–H groups in total. The molecule has 0 bridgehead atoms. The Morgan fingerprint density at radius 2 is 2.06 bits per heavy atom. The Labute approximate surface area is 99.8 Å². The fourth-order valence-corrected chi connectivity index (χ4v) is 2.09. The third kappa shape index (κ3) is 2.97. The smallest absolute Gasteiger partial charge is 0.335 e. The molecule has 0 heterocycles. The molecule has 1 aliphatic carbocycles. The van der Waals surface area contributed by atoms with E-state index < -0.39 is 12.1 Å². The maximum atomic E-state index is 10.8. The van der Waals surface area contributed by atoms with Crippen molar-refractivity contribution in [1.29, 1.82) is 0 Å². The Morgan fingerprint density at radius 1 is 1.29 bits per heavy atom. The summed E-state index contributed by atoms with van der Waals surface area (Å²) in [7, 11) is 0. The number of ether oxygens (including phenoxy) is 1. The first-order valence-corrected chi connectivity index (χ1v) is 5.85. The lowest BCUT2D eigenvalue weighted by atomic mass is 9.95. The number of hydrogen-bond donors (Lipinski definition) is 2. The van der Waals surface area contributed by atoms with Gasteiger partial charge in [-0.25, -0.2) is 4.79 Å². The average Bonchev–Trinajstić information content (AvgIpc) is 2.32. The average molecular weight is 236 g/mol. The molecular formula is C13H16O4. The van der Waals surface area contributed by atoms with E-state index in [1.807, 2.05) is 0 Å². The molecule has 1 aromatic rings. The van der Waals surface area contributed by atoms with Crippen LogP contribution in [0.5, 0.6) is 5.75 Å². The van der Waals surface area contributed by atoms with Crippen LogP contribution >= 0.6 is 0 Å². The molecular weight excluding hydrogens is 220 g/mol. The molecule has 1 saturated carbocycles. The van der Waals surface area contributed by atoms with Crippen LogP contribution in [0.4, 0.5) is 0 Å². The largest absolute Gasteiger partial charge is 0.488 e. The van der Waals surface area contributed by atoms with Crippen molar-refractivity contribution < 1.29 is 19.7 Å². The number of aliphatic hydroxyl groups is 1. The first-order chi connectivity index (χ1) is 8.16. The van der Waals surface area contributed by atoms with Crippen molar-refractivity contribution in [2.24, 2.45) is 0 Å². The van der Waals surface area contributed by atoms with Crippen molar-refractivity contribution in [2.75, 3.05) is 0 Å². The summed E-state index contributed by atoms with van der Waals surface area (Å²) in [6, 6.07) is 6.37. The van der Waals surface area contributed by atoms with Crippen LogP contribution in [0, 0.1) is 0 Å². The third-order valence-electron chi connectivity index (χ3n) is 3.04. The topological polar surface area (TPSA) is 66.8 Å². The Hall–Kier alpha value is -1.55. The van der Waals surface area contributed by atoms with Crippen LogP contribution in [-0.4, -0.2) is 28.4 Å². The number of rotatable bonds is 3. The zero-order valence-electron chi connectivity index (χ0n) is 9.50. The van der Waals surface area contributed by atoms with E-state index in [-0.39, 0.29) is 11.7 Å². The molecule has 0 aliphatic heterocycles. The number of carboxylic acid groups (broad SMARTS) is 1. The minimum atomic E-state index is -0.973. The number of benzene rings is 1. The van der Waals surface area contributed by atoms with Gasteiger partial charge >= 0.3 is 5.97 Å². The molecule has 1 aliphatic rings. The van der Waals surface area contributed by atoms with Crippen LogP contribution in [0.25, 0.3) is 0 Å². The van der Waals surface area contributed by atoms with Crippen molar-refractivity contribution in [3.8, 4) is 5.75 Å². The molecule has 0 saturated heterocycles. The SMILES string of the molecule is O=C(O)c1cccc(OC2CCCCC2O)c1. The third-order valence-corrected chi connectivity index (χ3v) is 3.04. The van der Waals surface area contributed by atoms with Gasteiger partial charge in [-0.1, -0.05) is 12.5 Å². The standard InChI is InChI=1S/C13H16O4/c14-11-6-1-2-7-12(11)17-10-5-3-4-9(8-10)13(15)16/h3-5,8,11-12,14H,1-2,6-7H2,(H,15,16). The molecule has 2 rings (SSSR count). The number of carboxylic acids is 1. The van der Waals surface area contributed by atoms with Crippen molar-refractivity contribution in [3.05, 3.63) is 29.8 Å². The van der Waals surface area contributed by atoms with Crippen molar-refractivity contribution in [3.63, 3.8) is 0 Å². The van der Waals surface area contributed by atoms with Crippen LogP contribution in [-0.2, 0) is 0 Å². The first-order valence-electron chi connectivity index (χ1n) is 5.85. The molecule has 0 aromatic heterocycles. The summed E-state index contributed by atoms with van der Waals surface area (Å²) in [5.74, 6) is -0.463. The summed E-state index contributed by atoms with van der Waals surface area (Å²) in [5.41, 5.74) is 0.202. The molecule has 2 unspecified atom stereocenters. The molecule has 17 heavy (non-hydrogen) atoms. The minimum absolute atomic E-state index is 0.202. The van der Waals surface area contributed by atoms with Gasteiger partial charge in [-0.15, -0.1) is 0 Å². The van der Waals surface area contributed by atoms with Crippen molar-refractivity contribution in [1.82, 2.24) is 0 Å². The van der Waals surface area contributed by atoms with Crippen LogP contribution in [0.15, 0.2) is 24.3 Å². The van der Waals surface area contributed by atoms with E-state index in [2.05, 4.69) is 0 Å². The van der Waals surface area contributed by atoms with E-state index in [1.165, 1.54) is 12.1 Å². The number of aromatic carboxylic acids is 1. The van der Waals surface area contributed by atoms with E-state index in [0.29, 0.717) is 5.75 Å². The van der Waals surface area contributed by atoms with Crippen LogP contribution in [0.3, 0.4) is 0 Å². The van der Waals surface area contributed by atoms with Gasteiger partial charge in [0.15, 0.2) is 0 Å². The molecule has 1 aromatic carbocycles. The van der Waals surface area contributed by atoms with Crippen LogP contribution in [0.1, 0.15) is 36.0 Å². The van der Waals surface area contributed by atoms with E-state index in [4.69, 9.17) is 9.84 Å². The van der Waals surface area contributed by atoms with Gasteiger partial charge in [0, 0.05) is 0 Å². The highest BCUT2D eigenvalue weighted by molar-refractivity contribution is 5.87. The van der Waals surface area contributed by atoms with Gasteiger partial charge < -0.3 is 14.9 Å². The second-order valence-electron chi connectivity index (χ2n) is 4.34.